The maximum absolute atomic E-state index is 5.58. The Bertz CT molecular complexity index is 317. The van der Waals surface area contributed by atoms with Gasteiger partial charge in [0.2, 0.25) is 0 Å². The first-order valence-electron chi connectivity index (χ1n) is 6.52. The van der Waals surface area contributed by atoms with Crippen molar-refractivity contribution in [2.75, 3.05) is 37.2 Å². The Labute approximate surface area is 103 Å². The topological polar surface area (TPSA) is 54.2 Å². The molecule has 2 rings (SSSR count). The van der Waals surface area contributed by atoms with E-state index in [1.165, 1.54) is 45.3 Å². The lowest BCUT2D eigenvalue weighted by atomic mass is 10.1. The summed E-state index contributed by atoms with van der Waals surface area (Å²) in [5, 5.41) is 3.32. The number of piperidine rings is 1. The summed E-state index contributed by atoms with van der Waals surface area (Å²) in [5.74, 6) is 0.915. The van der Waals surface area contributed by atoms with E-state index in [4.69, 9.17) is 5.73 Å². The molecule has 1 aliphatic rings. The van der Waals surface area contributed by atoms with Gasteiger partial charge in [-0.3, -0.25) is 0 Å². The molecule has 3 N–H and O–H groups in total. The van der Waals surface area contributed by atoms with E-state index in [9.17, 15) is 0 Å². The number of pyridine rings is 1. The van der Waals surface area contributed by atoms with Crippen molar-refractivity contribution in [2.24, 2.45) is 0 Å². The number of nitrogen functional groups attached to an aromatic ring is 1. The molecular weight excluding hydrogens is 212 g/mol. The summed E-state index contributed by atoms with van der Waals surface area (Å²) in [6.07, 6.45) is 7.00. The summed E-state index contributed by atoms with van der Waals surface area (Å²) in [6, 6.07) is 3.80. The van der Waals surface area contributed by atoms with Gasteiger partial charge < -0.3 is 16.0 Å². The summed E-state index contributed by atoms with van der Waals surface area (Å²) in [5.41, 5.74) is 6.29. The third kappa shape index (κ3) is 4.23. The molecule has 4 heteroatoms. The van der Waals surface area contributed by atoms with Crippen molar-refractivity contribution in [3.8, 4) is 0 Å². The van der Waals surface area contributed by atoms with Gasteiger partial charge in [0.15, 0.2) is 0 Å². The molecule has 1 saturated heterocycles. The highest BCUT2D eigenvalue weighted by molar-refractivity contribution is 5.43. The zero-order valence-electron chi connectivity index (χ0n) is 10.4. The van der Waals surface area contributed by atoms with Crippen molar-refractivity contribution in [3.05, 3.63) is 18.3 Å². The van der Waals surface area contributed by atoms with Crippen molar-refractivity contribution in [3.63, 3.8) is 0 Å². The molecule has 0 bridgehead atoms. The number of nitrogens with one attached hydrogen (secondary N) is 1. The van der Waals surface area contributed by atoms with Gasteiger partial charge in [-0.05, 0) is 51.0 Å². The predicted octanol–water partition coefficient (Wildman–Crippen LogP) is 1.95. The van der Waals surface area contributed by atoms with Crippen LogP contribution in [-0.2, 0) is 0 Å². The van der Waals surface area contributed by atoms with Crippen LogP contribution in [0.25, 0.3) is 0 Å². The monoisotopic (exact) mass is 234 g/mol. The lowest BCUT2D eigenvalue weighted by molar-refractivity contribution is 0.228. The molecule has 17 heavy (non-hydrogen) atoms. The Hall–Kier alpha value is -1.29. The first-order chi connectivity index (χ1) is 8.34. The fraction of sp³-hybridized carbons (Fsp3) is 0.615. The maximum Gasteiger partial charge on any atom is 0.126 e. The SMILES string of the molecule is Nc1ccc(NCCCN2CCCCC2)nc1. The lowest BCUT2D eigenvalue weighted by Gasteiger charge is -2.26. The van der Waals surface area contributed by atoms with Crippen LogP contribution in [0, 0.1) is 0 Å². The molecule has 1 aromatic rings. The molecule has 0 spiro atoms. The minimum absolute atomic E-state index is 0.712. The van der Waals surface area contributed by atoms with Crippen LogP contribution in [0.1, 0.15) is 25.7 Å². The fourth-order valence-corrected chi connectivity index (χ4v) is 2.21. The van der Waals surface area contributed by atoms with E-state index in [0.717, 1.165) is 12.4 Å². The molecule has 0 unspecified atom stereocenters. The van der Waals surface area contributed by atoms with Crippen molar-refractivity contribution in [1.82, 2.24) is 9.88 Å². The molecule has 94 valence electrons. The average Bonchev–Trinajstić information content (AvgIpc) is 2.38. The first-order valence-corrected chi connectivity index (χ1v) is 6.52. The maximum atomic E-state index is 5.58. The van der Waals surface area contributed by atoms with Gasteiger partial charge in [-0.15, -0.1) is 0 Å². The van der Waals surface area contributed by atoms with E-state index in [0.29, 0.717) is 5.69 Å². The van der Waals surface area contributed by atoms with E-state index < -0.39 is 0 Å². The molecule has 1 aromatic heterocycles. The number of likely N-dealkylation sites (tertiary alicyclic amines) is 1. The molecule has 1 aliphatic heterocycles. The number of aromatic nitrogens is 1. The second-order valence-electron chi connectivity index (χ2n) is 4.66. The van der Waals surface area contributed by atoms with Crippen LogP contribution in [0.15, 0.2) is 18.3 Å². The van der Waals surface area contributed by atoms with Crippen LogP contribution in [0.2, 0.25) is 0 Å². The average molecular weight is 234 g/mol. The minimum atomic E-state index is 0.712. The Balaban J connectivity index is 1.60. The summed E-state index contributed by atoms with van der Waals surface area (Å²) >= 11 is 0. The zero-order valence-corrected chi connectivity index (χ0v) is 10.4. The Morgan fingerprint density at radius 3 is 2.76 bits per heavy atom. The fourth-order valence-electron chi connectivity index (χ4n) is 2.21. The van der Waals surface area contributed by atoms with E-state index in [2.05, 4.69) is 15.2 Å². The minimum Gasteiger partial charge on any atom is -0.397 e. The van der Waals surface area contributed by atoms with Gasteiger partial charge in [0, 0.05) is 6.54 Å². The molecule has 0 saturated carbocycles. The molecule has 0 aromatic carbocycles. The van der Waals surface area contributed by atoms with E-state index in [1.807, 2.05) is 12.1 Å². The Morgan fingerprint density at radius 2 is 2.06 bits per heavy atom. The van der Waals surface area contributed by atoms with Gasteiger partial charge in [-0.25, -0.2) is 4.98 Å². The van der Waals surface area contributed by atoms with Crippen LogP contribution in [-0.4, -0.2) is 36.1 Å². The van der Waals surface area contributed by atoms with Crippen LogP contribution in [0.5, 0.6) is 0 Å². The molecule has 4 nitrogen and oxygen atoms in total. The molecule has 0 aliphatic carbocycles. The first kappa shape index (κ1) is 12.2. The number of anilines is 2. The smallest absolute Gasteiger partial charge is 0.126 e. The quantitative estimate of drug-likeness (QED) is 0.765. The second-order valence-corrected chi connectivity index (χ2v) is 4.66. The molecule has 0 amide bonds. The van der Waals surface area contributed by atoms with Gasteiger partial charge in [0.05, 0.1) is 11.9 Å². The van der Waals surface area contributed by atoms with E-state index in [1.54, 1.807) is 6.20 Å². The number of hydrogen-bond acceptors (Lipinski definition) is 4. The Morgan fingerprint density at radius 1 is 1.24 bits per heavy atom. The van der Waals surface area contributed by atoms with Crippen molar-refractivity contribution in [1.29, 1.82) is 0 Å². The van der Waals surface area contributed by atoms with Crippen molar-refractivity contribution >= 4 is 11.5 Å². The predicted molar refractivity (Wildman–Crippen MR) is 72.0 cm³/mol. The van der Waals surface area contributed by atoms with E-state index in [-0.39, 0.29) is 0 Å². The van der Waals surface area contributed by atoms with Gasteiger partial charge in [0.1, 0.15) is 5.82 Å². The van der Waals surface area contributed by atoms with Crippen LogP contribution >= 0.6 is 0 Å². The normalized spacial score (nSPS) is 16.9. The number of nitrogens with two attached hydrogens (primary N) is 1. The van der Waals surface area contributed by atoms with Gasteiger partial charge in [-0.1, -0.05) is 6.42 Å². The molecule has 2 heterocycles. The highest BCUT2D eigenvalue weighted by Gasteiger charge is 2.08. The number of rotatable bonds is 5. The second kappa shape index (κ2) is 6.45. The van der Waals surface area contributed by atoms with Crippen LogP contribution < -0.4 is 11.1 Å². The summed E-state index contributed by atoms with van der Waals surface area (Å²) in [7, 11) is 0. The van der Waals surface area contributed by atoms with Crippen LogP contribution in [0.3, 0.4) is 0 Å². The Kier molecular flexibility index (Phi) is 4.62. The molecular formula is C13H22N4. The van der Waals surface area contributed by atoms with Gasteiger partial charge in [-0.2, -0.15) is 0 Å². The standard InChI is InChI=1S/C13H22N4/c14-12-5-6-13(16-11-12)15-7-4-10-17-8-2-1-3-9-17/h5-6,11H,1-4,7-10,14H2,(H,15,16). The van der Waals surface area contributed by atoms with E-state index >= 15 is 0 Å². The number of nitrogens with zero attached hydrogens (tertiary/aromatic N) is 2. The third-order valence-corrected chi connectivity index (χ3v) is 3.19. The van der Waals surface area contributed by atoms with Crippen LogP contribution in [0.4, 0.5) is 11.5 Å². The van der Waals surface area contributed by atoms with Gasteiger partial charge >= 0.3 is 0 Å². The molecule has 1 fully saturated rings. The molecule has 0 radical (unpaired) electrons. The lowest BCUT2D eigenvalue weighted by Crippen LogP contribution is -2.31. The van der Waals surface area contributed by atoms with Gasteiger partial charge in [0.25, 0.3) is 0 Å². The summed E-state index contributed by atoms with van der Waals surface area (Å²) < 4.78 is 0. The summed E-state index contributed by atoms with van der Waals surface area (Å²) in [4.78, 5) is 6.77. The highest BCUT2D eigenvalue weighted by atomic mass is 15.1. The highest BCUT2D eigenvalue weighted by Crippen LogP contribution is 2.09. The van der Waals surface area contributed by atoms with Crippen molar-refractivity contribution < 1.29 is 0 Å². The number of hydrogen-bond donors (Lipinski definition) is 2. The van der Waals surface area contributed by atoms with Crippen molar-refractivity contribution in [2.45, 2.75) is 25.7 Å². The molecule has 0 atom stereocenters. The zero-order chi connectivity index (χ0) is 11.9. The largest absolute Gasteiger partial charge is 0.397 e. The third-order valence-electron chi connectivity index (χ3n) is 3.19. The summed E-state index contributed by atoms with van der Waals surface area (Å²) in [6.45, 7) is 4.73.